The minimum atomic E-state index is -0.339. The van der Waals surface area contributed by atoms with E-state index in [0.717, 1.165) is 38.4 Å². The SMILES string of the molecule is Cc1ccc(C(=O)N2CCC3(CC2)NC(=O)[C@@H]2CN(CC4CCCC4)C[C@@H]23)cc1F. The molecule has 1 spiro atoms. The summed E-state index contributed by atoms with van der Waals surface area (Å²) in [6.07, 6.45) is 6.95. The van der Waals surface area contributed by atoms with Crippen molar-refractivity contribution in [2.24, 2.45) is 17.8 Å². The van der Waals surface area contributed by atoms with Gasteiger partial charge in [-0.2, -0.15) is 0 Å². The number of likely N-dealkylation sites (tertiary alicyclic amines) is 2. The van der Waals surface area contributed by atoms with Crippen LogP contribution in [-0.4, -0.2) is 59.9 Å². The fourth-order valence-corrected chi connectivity index (χ4v) is 6.36. The summed E-state index contributed by atoms with van der Waals surface area (Å²) in [4.78, 5) is 30.0. The van der Waals surface area contributed by atoms with Crippen molar-refractivity contribution in [1.82, 2.24) is 15.1 Å². The van der Waals surface area contributed by atoms with E-state index in [1.54, 1.807) is 19.1 Å². The van der Waals surface area contributed by atoms with Crippen LogP contribution in [0.15, 0.2) is 18.2 Å². The van der Waals surface area contributed by atoms with Crippen LogP contribution in [0.25, 0.3) is 0 Å². The number of amides is 2. The molecule has 1 aromatic rings. The second-order valence-corrected chi connectivity index (χ2v) is 9.98. The predicted molar refractivity (Wildman–Crippen MR) is 113 cm³/mol. The number of carbonyl (C=O) groups is 2. The van der Waals surface area contributed by atoms with Crippen LogP contribution in [0, 0.1) is 30.5 Å². The second kappa shape index (κ2) is 7.63. The second-order valence-electron chi connectivity index (χ2n) is 9.98. The third-order valence-electron chi connectivity index (χ3n) is 8.17. The highest BCUT2D eigenvalue weighted by molar-refractivity contribution is 5.94. The van der Waals surface area contributed by atoms with Gasteiger partial charge in [0.05, 0.1) is 5.92 Å². The van der Waals surface area contributed by atoms with E-state index in [1.165, 1.54) is 31.7 Å². The molecule has 6 heteroatoms. The maximum Gasteiger partial charge on any atom is 0.253 e. The molecule has 3 aliphatic heterocycles. The lowest BCUT2D eigenvalue weighted by atomic mass is 9.75. The van der Waals surface area contributed by atoms with Gasteiger partial charge in [-0.05, 0) is 56.2 Å². The summed E-state index contributed by atoms with van der Waals surface area (Å²) < 4.78 is 13.9. The van der Waals surface area contributed by atoms with Gasteiger partial charge >= 0.3 is 0 Å². The first kappa shape index (κ1) is 20.0. The van der Waals surface area contributed by atoms with E-state index in [2.05, 4.69) is 10.2 Å². The summed E-state index contributed by atoms with van der Waals surface area (Å²) in [6, 6.07) is 4.71. The monoisotopic (exact) mass is 413 g/mol. The van der Waals surface area contributed by atoms with E-state index < -0.39 is 0 Å². The highest BCUT2D eigenvalue weighted by Gasteiger charge is 2.57. The normalized spacial score (nSPS) is 28.9. The predicted octanol–water partition coefficient (Wildman–Crippen LogP) is 2.98. The third-order valence-corrected chi connectivity index (χ3v) is 8.17. The summed E-state index contributed by atoms with van der Waals surface area (Å²) in [5.74, 6) is 0.999. The first-order chi connectivity index (χ1) is 14.4. The van der Waals surface area contributed by atoms with E-state index in [0.29, 0.717) is 30.1 Å². The lowest BCUT2D eigenvalue weighted by Crippen LogP contribution is -2.56. The molecule has 3 saturated heterocycles. The molecule has 5 rings (SSSR count). The number of benzene rings is 1. The van der Waals surface area contributed by atoms with Crippen LogP contribution in [-0.2, 0) is 4.79 Å². The van der Waals surface area contributed by atoms with Crippen LogP contribution in [0.2, 0.25) is 0 Å². The highest BCUT2D eigenvalue weighted by atomic mass is 19.1. The van der Waals surface area contributed by atoms with Crippen LogP contribution in [0.5, 0.6) is 0 Å². The van der Waals surface area contributed by atoms with E-state index in [1.807, 2.05) is 4.90 Å². The Morgan fingerprint density at radius 1 is 1.20 bits per heavy atom. The summed E-state index contributed by atoms with van der Waals surface area (Å²) >= 11 is 0. The molecule has 0 aromatic heterocycles. The number of hydrogen-bond acceptors (Lipinski definition) is 3. The average molecular weight is 414 g/mol. The van der Waals surface area contributed by atoms with E-state index in [4.69, 9.17) is 0 Å². The standard InChI is InChI=1S/C24H32FN3O2/c1-16-6-7-18(12-21(16)25)23(30)28-10-8-24(9-11-28)20-15-27(13-17-4-2-3-5-17)14-19(20)22(29)26-24/h6-7,12,17,19-20H,2-5,8-11,13-15H2,1H3,(H,26,29)/t19-,20+/m1/s1. The minimum Gasteiger partial charge on any atom is -0.350 e. The quantitative estimate of drug-likeness (QED) is 0.829. The summed E-state index contributed by atoms with van der Waals surface area (Å²) in [7, 11) is 0. The van der Waals surface area contributed by atoms with Crippen molar-refractivity contribution >= 4 is 11.8 Å². The molecular weight excluding hydrogens is 381 g/mol. The smallest absolute Gasteiger partial charge is 0.253 e. The van der Waals surface area contributed by atoms with E-state index in [-0.39, 0.29) is 29.1 Å². The number of piperidine rings is 1. The van der Waals surface area contributed by atoms with Crippen LogP contribution < -0.4 is 5.32 Å². The Kier molecular flexibility index (Phi) is 5.08. The number of rotatable bonds is 3. The molecule has 0 bridgehead atoms. The maximum absolute atomic E-state index is 13.9. The van der Waals surface area contributed by atoms with Gasteiger partial charge in [0, 0.05) is 49.7 Å². The topological polar surface area (TPSA) is 52.7 Å². The number of aryl methyl sites for hydroxylation is 1. The number of carbonyl (C=O) groups excluding carboxylic acids is 2. The van der Waals surface area contributed by atoms with Gasteiger partial charge in [0.1, 0.15) is 5.82 Å². The molecule has 4 aliphatic rings. The lowest BCUT2D eigenvalue weighted by Gasteiger charge is -2.43. The first-order valence-electron chi connectivity index (χ1n) is 11.5. The summed E-state index contributed by atoms with van der Waals surface area (Å²) in [5.41, 5.74) is 0.778. The van der Waals surface area contributed by atoms with Gasteiger partial charge in [0.2, 0.25) is 5.91 Å². The number of hydrogen-bond donors (Lipinski definition) is 1. The molecule has 1 saturated carbocycles. The Hall–Kier alpha value is -1.95. The average Bonchev–Trinajstić information content (AvgIpc) is 3.45. The lowest BCUT2D eigenvalue weighted by molar-refractivity contribution is -0.123. The van der Waals surface area contributed by atoms with Gasteiger partial charge in [0.25, 0.3) is 5.91 Å². The fraction of sp³-hybridized carbons (Fsp3) is 0.667. The molecule has 162 valence electrons. The zero-order valence-corrected chi connectivity index (χ0v) is 17.8. The molecule has 4 fully saturated rings. The largest absolute Gasteiger partial charge is 0.350 e. The van der Waals surface area contributed by atoms with E-state index >= 15 is 0 Å². The highest BCUT2D eigenvalue weighted by Crippen LogP contribution is 2.44. The molecule has 5 nitrogen and oxygen atoms in total. The fourth-order valence-electron chi connectivity index (χ4n) is 6.36. The Bertz CT molecular complexity index is 843. The number of halogens is 1. The van der Waals surface area contributed by atoms with Crippen molar-refractivity contribution in [2.45, 2.75) is 51.0 Å². The first-order valence-corrected chi connectivity index (χ1v) is 11.5. The number of nitrogens with zero attached hydrogens (tertiary/aromatic N) is 2. The molecule has 2 amide bonds. The van der Waals surface area contributed by atoms with Gasteiger partial charge < -0.3 is 15.1 Å². The van der Waals surface area contributed by atoms with Gasteiger partial charge in [-0.3, -0.25) is 9.59 Å². The molecule has 0 unspecified atom stereocenters. The van der Waals surface area contributed by atoms with Crippen LogP contribution in [0.3, 0.4) is 0 Å². The summed E-state index contributed by atoms with van der Waals surface area (Å²) in [5, 5.41) is 3.34. The van der Waals surface area contributed by atoms with Crippen molar-refractivity contribution in [3.8, 4) is 0 Å². The van der Waals surface area contributed by atoms with Crippen molar-refractivity contribution in [3.05, 3.63) is 35.1 Å². The van der Waals surface area contributed by atoms with Gasteiger partial charge in [0.15, 0.2) is 0 Å². The number of nitrogens with one attached hydrogen (secondary N) is 1. The molecule has 30 heavy (non-hydrogen) atoms. The van der Waals surface area contributed by atoms with Crippen molar-refractivity contribution in [3.63, 3.8) is 0 Å². The molecule has 1 N–H and O–H groups in total. The Morgan fingerprint density at radius 2 is 1.93 bits per heavy atom. The Morgan fingerprint density at radius 3 is 2.63 bits per heavy atom. The zero-order valence-electron chi connectivity index (χ0n) is 17.8. The Labute approximate surface area is 178 Å². The summed E-state index contributed by atoms with van der Waals surface area (Å²) in [6.45, 7) is 5.95. The van der Waals surface area contributed by atoms with Gasteiger partial charge in [-0.25, -0.2) is 4.39 Å². The molecular formula is C24H32FN3O2. The van der Waals surface area contributed by atoms with Crippen LogP contribution >= 0.6 is 0 Å². The van der Waals surface area contributed by atoms with Crippen LogP contribution in [0.1, 0.15) is 54.4 Å². The van der Waals surface area contributed by atoms with Crippen molar-refractivity contribution in [2.75, 3.05) is 32.7 Å². The molecule has 3 heterocycles. The van der Waals surface area contributed by atoms with Crippen LogP contribution in [0.4, 0.5) is 4.39 Å². The van der Waals surface area contributed by atoms with Gasteiger partial charge in [-0.1, -0.05) is 18.9 Å². The number of fused-ring (bicyclic) bond motifs is 2. The molecule has 2 atom stereocenters. The van der Waals surface area contributed by atoms with E-state index in [9.17, 15) is 14.0 Å². The molecule has 1 aliphatic carbocycles. The zero-order chi connectivity index (χ0) is 20.9. The Balaban J connectivity index is 1.24. The minimum absolute atomic E-state index is 0.0971. The molecule has 1 aromatic carbocycles. The molecule has 0 radical (unpaired) electrons. The van der Waals surface area contributed by atoms with Crippen molar-refractivity contribution < 1.29 is 14.0 Å². The third kappa shape index (κ3) is 3.43. The maximum atomic E-state index is 13.9. The van der Waals surface area contributed by atoms with Crippen molar-refractivity contribution in [1.29, 1.82) is 0 Å². The van der Waals surface area contributed by atoms with Gasteiger partial charge in [-0.15, -0.1) is 0 Å².